The van der Waals surface area contributed by atoms with E-state index in [0.717, 1.165) is 30.8 Å². The number of nitrogens with zero attached hydrogens (tertiary/aromatic N) is 1. The fourth-order valence-corrected chi connectivity index (χ4v) is 5.09. The lowest BCUT2D eigenvalue weighted by molar-refractivity contribution is -0.120. The van der Waals surface area contributed by atoms with Crippen molar-refractivity contribution < 1.29 is 14.3 Å². The average Bonchev–Trinajstić information content (AvgIpc) is 3.10. The van der Waals surface area contributed by atoms with Crippen LogP contribution in [0.3, 0.4) is 0 Å². The highest BCUT2D eigenvalue weighted by molar-refractivity contribution is 7.15. The van der Waals surface area contributed by atoms with Gasteiger partial charge in [-0.25, -0.2) is 9.78 Å². The van der Waals surface area contributed by atoms with E-state index < -0.39 is 5.60 Å². The number of rotatable bonds is 4. The molecule has 2 fully saturated rings. The number of hydrogen-bond acceptors (Lipinski definition) is 5. The minimum Gasteiger partial charge on any atom is -0.444 e. The topological polar surface area (TPSA) is 80.3 Å². The molecular weight excluding hydrogens is 374 g/mol. The van der Waals surface area contributed by atoms with Crippen LogP contribution in [-0.2, 0) is 9.53 Å². The van der Waals surface area contributed by atoms with E-state index >= 15 is 0 Å². The lowest BCUT2D eigenvalue weighted by Crippen LogP contribution is -2.42. The minimum absolute atomic E-state index is 0.0151. The van der Waals surface area contributed by atoms with E-state index in [2.05, 4.69) is 15.6 Å². The van der Waals surface area contributed by atoms with Crippen LogP contribution in [0.4, 0.5) is 9.93 Å². The van der Waals surface area contributed by atoms with Gasteiger partial charge in [0.2, 0.25) is 5.91 Å². The highest BCUT2D eigenvalue weighted by Crippen LogP contribution is 2.37. The smallest absolute Gasteiger partial charge is 0.407 e. The van der Waals surface area contributed by atoms with Crippen molar-refractivity contribution in [2.45, 2.75) is 96.1 Å². The Labute approximate surface area is 171 Å². The van der Waals surface area contributed by atoms with E-state index in [0.29, 0.717) is 5.92 Å². The van der Waals surface area contributed by atoms with Crippen molar-refractivity contribution in [1.82, 2.24) is 10.3 Å². The molecule has 1 aromatic heterocycles. The molecule has 0 bridgehead atoms. The first-order chi connectivity index (χ1) is 13.3. The maximum atomic E-state index is 12.6. The number of aromatic nitrogens is 1. The van der Waals surface area contributed by atoms with Gasteiger partial charge in [0.25, 0.3) is 0 Å². The quantitative estimate of drug-likeness (QED) is 0.718. The number of nitrogens with one attached hydrogen (secondary N) is 2. The molecule has 2 aliphatic rings. The highest BCUT2D eigenvalue weighted by atomic mass is 32.1. The van der Waals surface area contributed by atoms with Crippen LogP contribution < -0.4 is 10.6 Å². The molecule has 0 unspecified atom stereocenters. The summed E-state index contributed by atoms with van der Waals surface area (Å²) in [7, 11) is 0. The fraction of sp³-hybridized carbons (Fsp3) is 0.762. The van der Waals surface area contributed by atoms with Crippen LogP contribution in [0.1, 0.15) is 89.4 Å². The minimum atomic E-state index is -0.495. The molecule has 2 N–H and O–H groups in total. The normalized spacial score (nSPS) is 23.8. The Balaban J connectivity index is 1.43. The molecule has 0 aromatic carbocycles. The summed E-state index contributed by atoms with van der Waals surface area (Å²) in [5.74, 6) is 0.658. The molecule has 2 aliphatic carbocycles. The summed E-state index contributed by atoms with van der Waals surface area (Å²) in [5, 5.41) is 6.66. The predicted molar refractivity (Wildman–Crippen MR) is 112 cm³/mol. The molecule has 0 aliphatic heterocycles. The van der Waals surface area contributed by atoms with Gasteiger partial charge in [0.05, 0.1) is 0 Å². The van der Waals surface area contributed by atoms with Crippen LogP contribution in [-0.4, -0.2) is 28.6 Å². The molecule has 0 spiro atoms. The Morgan fingerprint density at radius 1 is 1.07 bits per heavy atom. The van der Waals surface area contributed by atoms with E-state index in [1.807, 2.05) is 27.0 Å². The SMILES string of the molecule is CC(C)(C)OC(=O)N[C@H]1CC[C@@H](C(=O)Nc2ncc(C3CCCCC3)s2)CC1. The second-order valence-electron chi connectivity index (χ2n) is 9.09. The van der Waals surface area contributed by atoms with Crippen molar-refractivity contribution in [2.75, 3.05) is 5.32 Å². The number of hydrogen-bond donors (Lipinski definition) is 2. The highest BCUT2D eigenvalue weighted by Gasteiger charge is 2.29. The maximum Gasteiger partial charge on any atom is 0.407 e. The van der Waals surface area contributed by atoms with Gasteiger partial charge in [-0.1, -0.05) is 19.3 Å². The zero-order chi connectivity index (χ0) is 20.1. The zero-order valence-electron chi connectivity index (χ0n) is 17.3. The average molecular weight is 408 g/mol. The predicted octanol–water partition coefficient (Wildman–Crippen LogP) is 5.21. The Bertz CT molecular complexity index is 669. The molecule has 156 valence electrons. The molecule has 3 rings (SSSR count). The van der Waals surface area contributed by atoms with Gasteiger partial charge in [-0.15, -0.1) is 11.3 Å². The largest absolute Gasteiger partial charge is 0.444 e. The van der Waals surface area contributed by atoms with Gasteiger partial charge >= 0.3 is 6.09 Å². The summed E-state index contributed by atoms with van der Waals surface area (Å²) in [6.45, 7) is 5.56. The van der Waals surface area contributed by atoms with Crippen LogP contribution >= 0.6 is 11.3 Å². The molecule has 1 aromatic rings. The van der Waals surface area contributed by atoms with Crippen molar-refractivity contribution in [3.8, 4) is 0 Å². The molecule has 2 amide bonds. The molecule has 0 saturated heterocycles. The van der Waals surface area contributed by atoms with Crippen molar-refractivity contribution in [3.05, 3.63) is 11.1 Å². The zero-order valence-corrected chi connectivity index (χ0v) is 18.1. The lowest BCUT2D eigenvalue weighted by Gasteiger charge is -2.29. The number of ether oxygens (including phenoxy) is 1. The molecule has 2 saturated carbocycles. The Morgan fingerprint density at radius 3 is 2.39 bits per heavy atom. The van der Waals surface area contributed by atoms with E-state index in [9.17, 15) is 9.59 Å². The molecule has 1 heterocycles. The molecular formula is C21H33N3O3S. The van der Waals surface area contributed by atoms with Gasteiger partial charge in [-0.3, -0.25) is 4.79 Å². The summed E-state index contributed by atoms with van der Waals surface area (Å²) < 4.78 is 5.31. The lowest BCUT2D eigenvalue weighted by atomic mass is 9.85. The number of carbonyl (C=O) groups is 2. The van der Waals surface area contributed by atoms with Crippen LogP contribution in [0, 0.1) is 5.92 Å². The summed E-state index contributed by atoms with van der Waals surface area (Å²) in [6, 6.07) is 0.0802. The van der Waals surface area contributed by atoms with Gasteiger partial charge in [0.15, 0.2) is 5.13 Å². The summed E-state index contributed by atoms with van der Waals surface area (Å²) in [4.78, 5) is 30.2. The first-order valence-corrected chi connectivity index (χ1v) is 11.4. The van der Waals surface area contributed by atoms with E-state index in [-0.39, 0.29) is 24.0 Å². The number of carbonyl (C=O) groups excluding carboxylic acids is 2. The van der Waals surface area contributed by atoms with Gasteiger partial charge in [-0.2, -0.15) is 0 Å². The second kappa shape index (κ2) is 9.25. The number of thiazole rings is 1. The van der Waals surface area contributed by atoms with Crippen molar-refractivity contribution in [2.24, 2.45) is 5.92 Å². The second-order valence-corrected chi connectivity index (χ2v) is 10.1. The Morgan fingerprint density at radius 2 is 1.75 bits per heavy atom. The van der Waals surface area contributed by atoms with Crippen LogP contribution in [0.5, 0.6) is 0 Å². The first-order valence-electron chi connectivity index (χ1n) is 10.6. The van der Waals surface area contributed by atoms with Gasteiger partial charge in [-0.05, 0) is 65.2 Å². The van der Waals surface area contributed by atoms with Crippen LogP contribution in [0.25, 0.3) is 0 Å². The first kappa shape index (κ1) is 21.1. The number of anilines is 1. The molecule has 6 nitrogen and oxygen atoms in total. The van der Waals surface area contributed by atoms with Crippen molar-refractivity contribution in [1.29, 1.82) is 0 Å². The Kier molecular flexibility index (Phi) is 6.96. The van der Waals surface area contributed by atoms with Crippen molar-refractivity contribution >= 4 is 28.5 Å². The van der Waals surface area contributed by atoms with E-state index in [1.165, 1.54) is 37.0 Å². The van der Waals surface area contributed by atoms with E-state index in [4.69, 9.17) is 4.74 Å². The maximum absolute atomic E-state index is 12.6. The van der Waals surface area contributed by atoms with Gasteiger partial charge < -0.3 is 15.4 Å². The molecule has 0 atom stereocenters. The van der Waals surface area contributed by atoms with Crippen molar-refractivity contribution in [3.63, 3.8) is 0 Å². The fourth-order valence-electron chi connectivity index (χ4n) is 4.10. The molecule has 0 radical (unpaired) electrons. The third-order valence-electron chi connectivity index (χ3n) is 5.58. The van der Waals surface area contributed by atoms with Gasteiger partial charge in [0, 0.05) is 23.0 Å². The Hall–Kier alpha value is -1.63. The van der Waals surface area contributed by atoms with Crippen LogP contribution in [0.2, 0.25) is 0 Å². The number of amides is 2. The standard InChI is InChI=1S/C21H33N3O3S/c1-21(2,3)27-20(26)23-16-11-9-15(10-12-16)18(25)24-19-22-13-17(28-19)14-7-5-4-6-8-14/h13-16H,4-12H2,1-3H3,(H,23,26)(H,22,24,25)/t15-,16+. The number of alkyl carbamates (subject to hydrolysis) is 1. The summed E-state index contributed by atoms with van der Waals surface area (Å²) in [5.41, 5.74) is -0.495. The summed E-state index contributed by atoms with van der Waals surface area (Å²) >= 11 is 1.63. The monoisotopic (exact) mass is 407 g/mol. The third-order valence-corrected chi connectivity index (χ3v) is 6.66. The molecule has 28 heavy (non-hydrogen) atoms. The van der Waals surface area contributed by atoms with Crippen LogP contribution in [0.15, 0.2) is 6.20 Å². The van der Waals surface area contributed by atoms with E-state index in [1.54, 1.807) is 11.3 Å². The summed E-state index contributed by atoms with van der Waals surface area (Å²) in [6.07, 6.45) is 11.1. The molecule has 7 heteroatoms. The third kappa shape index (κ3) is 6.19. The van der Waals surface area contributed by atoms with Gasteiger partial charge in [0.1, 0.15) is 5.60 Å².